The Labute approximate surface area is 115 Å². The minimum Gasteiger partial charge on any atom is -0.350 e. The van der Waals surface area contributed by atoms with Crippen LogP contribution in [0.15, 0.2) is 18.2 Å². The SMILES string of the molecule is [C-]#[N+]c1ccc(C(=O)N[C@@H](C)CC)cc1C(C)(C)C. The summed E-state index contributed by atoms with van der Waals surface area (Å²) in [5.41, 5.74) is 2.01. The highest BCUT2D eigenvalue weighted by Gasteiger charge is 2.20. The molecule has 0 aromatic heterocycles. The first-order valence-electron chi connectivity index (χ1n) is 6.62. The molecule has 102 valence electrons. The fourth-order valence-electron chi connectivity index (χ4n) is 1.78. The van der Waals surface area contributed by atoms with Gasteiger partial charge < -0.3 is 5.32 Å². The van der Waals surface area contributed by atoms with Gasteiger partial charge >= 0.3 is 0 Å². The molecule has 19 heavy (non-hydrogen) atoms. The van der Waals surface area contributed by atoms with Crippen LogP contribution in [0.1, 0.15) is 57.0 Å². The molecular weight excluding hydrogens is 236 g/mol. The van der Waals surface area contributed by atoms with E-state index in [0.717, 1.165) is 12.0 Å². The zero-order valence-electron chi connectivity index (χ0n) is 12.4. The molecule has 0 aliphatic rings. The Morgan fingerprint density at radius 2 is 2.05 bits per heavy atom. The van der Waals surface area contributed by atoms with Crippen molar-refractivity contribution in [2.45, 2.75) is 52.5 Å². The molecule has 0 fully saturated rings. The van der Waals surface area contributed by atoms with Gasteiger partial charge in [-0.15, -0.1) is 0 Å². The Morgan fingerprint density at radius 1 is 1.42 bits per heavy atom. The molecule has 0 spiro atoms. The maximum atomic E-state index is 12.1. The number of hydrogen-bond acceptors (Lipinski definition) is 1. The van der Waals surface area contributed by atoms with E-state index in [2.05, 4.69) is 10.2 Å². The quantitative estimate of drug-likeness (QED) is 0.815. The van der Waals surface area contributed by atoms with Crippen LogP contribution < -0.4 is 5.32 Å². The molecule has 1 N–H and O–H groups in total. The summed E-state index contributed by atoms with van der Waals surface area (Å²) < 4.78 is 0. The maximum Gasteiger partial charge on any atom is 0.251 e. The fourth-order valence-corrected chi connectivity index (χ4v) is 1.78. The Bertz CT molecular complexity index is 506. The van der Waals surface area contributed by atoms with Crippen LogP contribution in [0.2, 0.25) is 0 Å². The molecule has 0 bridgehead atoms. The predicted octanol–water partition coefficient (Wildman–Crippen LogP) is 4.06. The lowest BCUT2D eigenvalue weighted by Gasteiger charge is -2.22. The molecule has 3 heteroatoms. The van der Waals surface area contributed by atoms with E-state index in [0.29, 0.717) is 11.3 Å². The first kappa shape index (κ1) is 15.2. The monoisotopic (exact) mass is 258 g/mol. The zero-order chi connectivity index (χ0) is 14.6. The third kappa shape index (κ3) is 3.82. The Hall–Kier alpha value is -1.82. The lowest BCUT2D eigenvalue weighted by molar-refractivity contribution is 0.0939. The van der Waals surface area contributed by atoms with Gasteiger partial charge in [-0.2, -0.15) is 0 Å². The van der Waals surface area contributed by atoms with E-state index >= 15 is 0 Å². The molecule has 0 saturated heterocycles. The highest BCUT2D eigenvalue weighted by atomic mass is 16.1. The van der Waals surface area contributed by atoms with Gasteiger partial charge in [-0.1, -0.05) is 45.9 Å². The van der Waals surface area contributed by atoms with Crippen molar-refractivity contribution in [2.75, 3.05) is 0 Å². The van der Waals surface area contributed by atoms with Gasteiger partial charge in [-0.3, -0.25) is 4.79 Å². The van der Waals surface area contributed by atoms with Crippen LogP contribution in [0.25, 0.3) is 4.85 Å². The summed E-state index contributed by atoms with van der Waals surface area (Å²) in [4.78, 5) is 15.6. The summed E-state index contributed by atoms with van der Waals surface area (Å²) in [7, 11) is 0. The average Bonchev–Trinajstić information content (AvgIpc) is 2.36. The first-order chi connectivity index (χ1) is 8.79. The molecule has 3 nitrogen and oxygen atoms in total. The van der Waals surface area contributed by atoms with Crippen molar-refractivity contribution in [1.82, 2.24) is 5.32 Å². The van der Waals surface area contributed by atoms with Crippen molar-refractivity contribution in [3.05, 3.63) is 40.7 Å². The van der Waals surface area contributed by atoms with Crippen LogP contribution in [-0.4, -0.2) is 11.9 Å². The number of benzene rings is 1. The number of rotatable bonds is 3. The van der Waals surface area contributed by atoms with Crippen LogP contribution in [0, 0.1) is 6.57 Å². The van der Waals surface area contributed by atoms with E-state index in [4.69, 9.17) is 6.57 Å². The molecule has 0 aliphatic heterocycles. The van der Waals surface area contributed by atoms with Crippen molar-refractivity contribution < 1.29 is 4.79 Å². The zero-order valence-corrected chi connectivity index (χ0v) is 12.4. The van der Waals surface area contributed by atoms with E-state index < -0.39 is 0 Å². The van der Waals surface area contributed by atoms with Gasteiger partial charge in [0.15, 0.2) is 5.69 Å². The number of nitrogens with one attached hydrogen (secondary N) is 1. The van der Waals surface area contributed by atoms with Crippen molar-refractivity contribution in [2.24, 2.45) is 0 Å². The van der Waals surface area contributed by atoms with E-state index in [-0.39, 0.29) is 17.4 Å². The average molecular weight is 258 g/mol. The van der Waals surface area contributed by atoms with Crippen LogP contribution in [0.3, 0.4) is 0 Å². The standard InChI is InChI=1S/C16H22N2O/c1-7-11(2)18-15(19)12-8-9-14(17-6)13(10-12)16(3,4)5/h8-11H,7H2,1-5H3,(H,18,19)/t11-/m0/s1. The summed E-state index contributed by atoms with van der Waals surface area (Å²) in [6, 6.07) is 5.45. The maximum absolute atomic E-state index is 12.1. The van der Waals surface area contributed by atoms with Crippen LogP contribution in [-0.2, 0) is 5.41 Å². The van der Waals surface area contributed by atoms with Gasteiger partial charge in [0.1, 0.15) is 0 Å². The van der Waals surface area contributed by atoms with Crippen molar-refractivity contribution >= 4 is 11.6 Å². The Morgan fingerprint density at radius 3 is 2.53 bits per heavy atom. The third-order valence-corrected chi connectivity index (χ3v) is 3.18. The highest BCUT2D eigenvalue weighted by Crippen LogP contribution is 2.32. The summed E-state index contributed by atoms with van der Waals surface area (Å²) in [5.74, 6) is -0.0728. The Balaban J connectivity index is 3.13. The third-order valence-electron chi connectivity index (χ3n) is 3.18. The predicted molar refractivity (Wildman–Crippen MR) is 78.6 cm³/mol. The molecule has 1 rings (SSSR count). The topological polar surface area (TPSA) is 33.5 Å². The highest BCUT2D eigenvalue weighted by molar-refractivity contribution is 5.95. The lowest BCUT2D eigenvalue weighted by atomic mass is 9.85. The van der Waals surface area contributed by atoms with Gasteiger partial charge in [-0.05, 0) is 24.3 Å². The lowest BCUT2D eigenvalue weighted by Crippen LogP contribution is -2.32. The molecule has 0 heterocycles. The molecule has 1 aromatic rings. The van der Waals surface area contributed by atoms with Crippen LogP contribution >= 0.6 is 0 Å². The Kier molecular flexibility index (Phi) is 4.72. The van der Waals surface area contributed by atoms with Gasteiger partial charge in [0, 0.05) is 11.6 Å². The van der Waals surface area contributed by atoms with Crippen LogP contribution in [0.5, 0.6) is 0 Å². The minimum atomic E-state index is -0.146. The second-order valence-corrected chi connectivity index (χ2v) is 5.88. The van der Waals surface area contributed by atoms with Gasteiger partial charge in [0.2, 0.25) is 0 Å². The molecular formula is C16H22N2O. The summed E-state index contributed by atoms with van der Waals surface area (Å²) in [5, 5.41) is 2.95. The molecule has 0 radical (unpaired) electrons. The molecule has 0 aliphatic carbocycles. The summed E-state index contributed by atoms with van der Waals surface area (Å²) in [6.07, 6.45) is 0.901. The molecule has 0 saturated carbocycles. The largest absolute Gasteiger partial charge is 0.350 e. The number of carbonyl (C=O) groups is 1. The van der Waals surface area contributed by atoms with Gasteiger partial charge in [0.05, 0.1) is 6.57 Å². The summed E-state index contributed by atoms with van der Waals surface area (Å²) >= 11 is 0. The second-order valence-electron chi connectivity index (χ2n) is 5.88. The van der Waals surface area contributed by atoms with Crippen molar-refractivity contribution in [1.29, 1.82) is 0 Å². The number of carbonyl (C=O) groups excluding carboxylic acids is 1. The number of hydrogen-bond donors (Lipinski definition) is 1. The smallest absolute Gasteiger partial charge is 0.251 e. The normalized spacial score (nSPS) is 12.6. The molecule has 1 atom stereocenters. The molecule has 1 amide bonds. The van der Waals surface area contributed by atoms with Crippen molar-refractivity contribution in [3.63, 3.8) is 0 Å². The number of amides is 1. The number of nitrogens with zero attached hydrogens (tertiary/aromatic N) is 1. The van der Waals surface area contributed by atoms with Crippen LogP contribution in [0.4, 0.5) is 5.69 Å². The molecule has 1 aromatic carbocycles. The molecule has 0 unspecified atom stereocenters. The first-order valence-corrected chi connectivity index (χ1v) is 6.62. The summed E-state index contributed by atoms with van der Waals surface area (Å²) in [6.45, 7) is 17.4. The van der Waals surface area contributed by atoms with Gasteiger partial charge in [-0.25, -0.2) is 4.85 Å². The van der Waals surface area contributed by atoms with E-state index in [1.807, 2.05) is 40.7 Å². The van der Waals surface area contributed by atoms with E-state index in [1.54, 1.807) is 12.1 Å². The van der Waals surface area contributed by atoms with E-state index in [9.17, 15) is 4.79 Å². The van der Waals surface area contributed by atoms with Gasteiger partial charge in [0.25, 0.3) is 5.91 Å². The fraction of sp³-hybridized carbons (Fsp3) is 0.500. The van der Waals surface area contributed by atoms with Crippen molar-refractivity contribution in [3.8, 4) is 0 Å². The van der Waals surface area contributed by atoms with E-state index in [1.165, 1.54) is 0 Å². The minimum absolute atomic E-state index is 0.0728. The second kappa shape index (κ2) is 5.88.